The van der Waals surface area contributed by atoms with Crippen molar-refractivity contribution < 1.29 is 9.14 Å². The second-order valence-electron chi connectivity index (χ2n) is 6.04. The summed E-state index contributed by atoms with van der Waals surface area (Å²) in [5, 5.41) is 13.0. The highest BCUT2D eigenvalue weighted by Gasteiger charge is 2.22. The second kappa shape index (κ2) is 5.56. The number of aromatic nitrogens is 2. The van der Waals surface area contributed by atoms with Gasteiger partial charge in [-0.2, -0.15) is 9.66 Å². The molecule has 1 atom stereocenters. The quantitative estimate of drug-likeness (QED) is 0.731. The van der Waals surface area contributed by atoms with Gasteiger partial charge in [0.05, 0.1) is 12.6 Å². The van der Waals surface area contributed by atoms with Crippen LogP contribution in [0.4, 0.5) is 5.82 Å². The molecule has 0 saturated carbocycles. The van der Waals surface area contributed by atoms with Crippen LogP contribution in [0.3, 0.4) is 0 Å². The first-order chi connectivity index (χ1) is 11.3. The van der Waals surface area contributed by atoms with Crippen molar-refractivity contribution in [1.82, 2.24) is 4.98 Å². The molecular weight excluding hydrogens is 288 g/mol. The smallest absolute Gasteiger partial charge is 0.250 e. The van der Waals surface area contributed by atoms with E-state index in [0.29, 0.717) is 5.56 Å². The number of benzene rings is 1. The summed E-state index contributed by atoms with van der Waals surface area (Å²) in [6, 6.07) is 12.5. The lowest BCUT2D eigenvalue weighted by atomic mass is 10.1. The third kappa shape index (κ3) is 2.32. The highest BCUT2D eigenvalue weighted by molar-refractivity contribution is 5.77. The first-order valence-corrected chi connectivity index (χ1v) is 7.99. The van der Waals surface area contributed by atoms with Crippen LogP contribution in [-0.2, 0) is 4.74 Å². The molecule has 116 valence electrons. The molecule has 1 aromatic carbocycles. The van der Waals surface area contributed by atoms with Crippen LogP contribution in [0, 0.1) is 18.3 Å². The molecule has 0 radical (unpaired) electrons. The zero-order chi connectivity index (χ0) is 15.8. The van der Waals surface area contributed by atoms with Gasteiger partial charge in [-0.25, -0.2) is 0 Å². The van der Waals surface area contributed by atoms with E-state index in [0.717, 1.165) is 54.1 Å². The lowest BCUT2D eigenvalue weighted by Crippen LogP contribution is -2.30. The average Bonchev–Trinajstić information content (AvgIpc) is 3.20. The minimum atomic E-state index is 0.270. The summed E-state index contributed by atoms with van der Waals surface area (Å²) in [6.45, 7) is 3.61. The number of anilines is 1. The van der Waals surface area contributed by atoms with Crippen LogP contribution in [-0.4, -0.2) is 24.2 Å². The third-order valence-corrected chi connectivity index (χ3v) is 4.49. The van der Waals surface area contributed by atoms with E-state index in [9.17, 15) is 5.26 Å². The Kier molecular flexibility index (Phi) is 3.40. The molecule has 0 spiro atoms. The van der Waals surface area contributed by atoms with Crippen LogP contribution in [0.2, 0.25) is 0 Å². The highest BCUT2D eigenvalue weighted by Crippen LogP contribution is 2.20. The van der Waals surface area contributed by atoms with Gasteiger partial charge in [-0.3, -0.25) is 4.98 Å². The Morgan fingerprint density at radius 1 is 1.43 bits per heavy atom. The Bertz CT molecular complexity index is 916. The monoisotopic (exact) mass is 307 g/mol. The van der Waals surface area contributed by atoms with E-state index in [4.69, 9.17) is 4.74 Å². The van der Waals surface area contributed by atoms with Gasteiger partial charge in [-0.05, 0) is 37.5 Å². The van der Waals surface area contributed by atoms with Gasteiger partial charge in [0.25, 0.3) is 0 Å². The number of nitrogens with zero attached hydrogens (tertiary/aromatic N) is 2. The van der Waals surface area contributed by atoms with Crippen LogP contribution in [0.5, 0.6) is 0 Å². The number of ether oxygens (including phenoxy) is 1. The first kappa shape index (κ1) is 14.0. The normalized spacial score (nSPS) is 17.7. The van der Waals surface area contributed by atoms with Crippen molar-refractivity contribution in [3.63, 3.8) is 0 Å². The van der Waals surface area contributed by atoms with E-state index < -0.39 is 0 Å². The maximum absolute atomic E-state index is 9.51. The molecule has 1 unspecified atom stereocenters. The topological polar surface area (TPSA) is 64.9 Å². The van der Waals surface area contributed by atoms with E-state index in [1.165, 1.54) is 0 Å². The zero-order valence-electron chi connectivity index (χ0n) is 13.1. The summed E-state index contributed by atoms with van der Waals surface area (Å²) in [5.41, 5.74) is 4.57. The molecule has 1 aliphatic heterocycles. The fraction of sp³-hybridized carbons (Fsp3) is 0.333. The summed E-state index contributed by atoms with van der Waals surface area (Å²) in [6.07, 6.45) is 2.50. The van der Waals surface area contributed by atoms with Crippen molar-refractivity contribution in [2.24, 2.45) is 0 Å². The molecule has 1 fully saturated rings. The molecule has 2 aromatic heterocycles. The second-order valence-corrected chi connectivity index (χ2v) is 6.04. The van der Waals surface area contributed by atoms with Gasteiger partial charge in [0.1, 0.15) is 22.7 Å². The first-order valence-electron chi connectivity index (χ1n) is 7.99. The number of nitriles is 1. The van der Waals surface area contributed by atoms with Crippen LogP contribution >= 0.6 is 0 Å². The minimum Gasteiger partial charge on any atom is -0.375 e. The molecule has 5 heteroatoms. The summed E-state index contributed by atoms with van der Waals surface area (Å²) >= 11 is 0. The number of fused-ring (bicyclic) bond motifs is 3. The van der Waals surface area contributed by atoms with Crippen molar-refractivity contribution in [3.05, 3.63) is 41.5 Å². The molecule has 23 heavy (non-hydrogen) atoms. The van der Waals surface area contributed by atoms with E-state index in [-0.39, 0.29) is 6.10 Å². The van der Waals surface area contributed by atoms with Crippen LogP contribution in [0.25, 0.3) is 16.7 Å². The van der Waals surface area contributed by atoms with E-state index >= 15 is 0 Å². The fourth-order valence-electron chi connectivity index (χ4n) is 3.33. The number of H-pyrrole nitrogens is 1. The van der Waals surface area contributed by atoms with Crippen LogP contribution < -0.4 is 9.72 Å². The highest BCUT2D eigenvalue weighted by atomic mass is 16.5. The Hall–Kier alpha value is -2.58. The number of aromatic amines is 1. The number of hydrogen-bond donors (Lipinski definition) is 2. The predicted octanol–water partition coefficient (Wildman–Crippen LogP) is 2.68. The molecular formula is C18H19N4O+. The van der Waals surface area contributed by atoms with Gasteiger partial charge in [0.15, 0.2) is 0 Å². The Morgan fingerprint density at radius 3 is 3.09 bits per heavy atom. The molecule has 0 aliphatic carbocycles. The van der Waals surface area contributed by atoms with Crippen LogP contribution in [0.15, 0.2) is 30.3 Å². The van der Waals surface area contributed by atoms with Crippen LogP contribution in [0.1, 0.15) is 24.0 Å². The van der Waals surface area contributed by atoms with E-state index in [2.05, 4.69) is 26.8 Å². The van der Waals surface area contributed by atoms with E-state index in [1.807, 2.05) is 31.2 Å². The van der Waals surface area contributed by atoms with Gasteiger partial charge < -0.3 is 10.1 Å². The van der Waals surface area contributed by atoms with Gasteiger partial charge in [-0.15, -0.1) is 0 Å². The van der Waals surface area contributed by atoms with Crippen molar-refractivity contribution >= 4 is 22.5 Å². The summed E-state index contributed by atoms with van der Waals surface area (Å²) in [7, 11) is 0. The number of aryl methyl sites for hydroxylation is 1. The maximum atomic E-state index is 9.51. The zero-order valence-corrected chi connectivity index (χ0v) is 13.1. The molecule has 4 rings (SSSR count). The fourth-order valence-corrected chi connectivity index (χ4v) is 3.33. The standard InChI is InChI=1S/C18H18N4O/c1-12-9-17(20-11-13-5-4-8-23-13)22-16-7-3-2-6-15(16)21-18(22)14(12)10-19/h2-3,6-7,9,13H,4-5,8,11H2,1H3,(H,20,21)/p+1. The lowest BCUT2D eigenvalue weighted by molar-refractivity contribution is -0.465. The maximum Gasteiger partial charge on any atom is 0.250 e. The number of hydrogen-bond acceptors (Lipinski definition) is 3. The molecule has 0 bridgehead atoms. The van der Waals surface area contributed by atoms with Crippen molar-refractivity contribution in [1.29, 1.82) is 5.26 Å². The molecule has 3 heterocycles. The number of imidazole rings is 1. The Labute approximate surface area is 134 Å². The van der Waals surface area contributed by atoms with Gasteiger partial charge in [0.2, 0.25) is 11.5 Å². The Morgan fingerprint density at radius 2 is 2.30 bits per heavy atom. The van der Waals surface area contributed by atoms with Crippen molar-refractivity contribution in [2.45, 2.75) is 25.9 Å². The van der Waals surface area contributed by atoms with Crippen molar-refractivity contribution in [2.75, 3.05) is 18.5 Å². The van der Waals surface area contributed by atoms with E-state index in [1.54, 1.807) is 0 Å². The number of pyridine rings is 1. The number of para-hydroxylation sites is 2. The predicted molar refractivity (Wildman–Crippen MR) is 88.4 cm³/mol. The molecule has 3 aromatic rings. The molecule has 2 N–H and O–H groups in total. The third-order valence-electron chi connectivity index (χ3n) is 4.49. The van der Waals surface area contributed by atoms with Gasteiger partial charge in [-0.1, -0.05) is 12.1 Å². The number of nitrogens with one attached hydrogen (secondary N) is 2. The van der Waals surface area contributed by atoms with Gasteiger partial charge >= 0.3 is 0 Å². The average molecular weight is 307 g/mol. The largest absolute Gasteiger partial charge is 0.375 e. The Balaban J connectivity index is 1.87. The lowest BCUT2D eigenvalue weighted by Gasteiger charge is -2.10. The molecule has 1 saturated heterocycles. The molecule has 1 aliphatic rings. The summed E-state index contributed by atoms with van der Waals surface area (Å²) in [5.74, 6) is 0.990. The SMILES string of the molecule is Cc1cc(NCC2CCCO2)[n+]2c([nH]c3ccccc32)c1C#N. The minimum absolute atomic E-state index is 0.270. The summed E-state index contributed by atoms with van der Waals surface area (Å²) in [4.78, 5) is 3.38. The van der Waals surface area contributed by atoms with Crippen molar-refractivity contribution in [3.8, 4) is 6.07 Å². The number of rotatable bonds is 3. The molecule has 0 amide bonds. The summed E-state index contributed by atoms with van der Waals surface area (Å²) < 4.78 is 7.79. The molecule has 5 nitrogen and oxygen atoms in total. The van der Waals surface area contributed by atoms with Gasteiger partial charge in [0, 0.05) is 12.7 Å².